The summed E-state index contributed by atoms with van der Waals surface area (Å²) in [5, 5.41) is 14.2. The lowest BCUT2D eigenvalue weighted by atomic mass is 9.97. The first-order chi connectivity index (χ1) is 9.56. The van der Waals surface area contributed by atoms with Crippen LogP contribution in [0.5, 0.6) is 0 Å². The van der Waals surface area contributed by atoms with Crippen molar-refractivity contribution in [3.05, 3.63) is 11.5 Å². The number of carboxylic acids is 1. The minimum absolute atomic E-state index is 0.177. The van der Waals surface area contributed by atoms with E-state index < -0.39 is 5.97 Å². The lowest BCUT2D eigenvalue weighted by Crippen LogP contribution is -2.36. The maximum atomic E-state index is 11.0. The molecule has 0 radical (unpaired) electrons. The van der Waals surface area contributed by atoms with Gasteiger partial charge in [0.15, 0.2) is 5.65 Å². The highest BCUT2D eigenvalue weighted by atomic mass is 35.5. The Morgan fingerprint density at radius 3 is 2.75 bits per heavy atom. The molecule has 0 bridgehead atoms. The van der Waals surface area contributed by atoms with Crippen LogP contribution in [0.3, 0.4) is 0 Å². The number of hydrogen-bond acceptors (Lipinski definition) is 5. The Hall–Kier alpha value is -1.89. The molecule has 1 fully saturated rings. The molecule has 0 aliphatic carbocycles. The van der Waals surface area contributed by atoms with Crippen LogP contribution in [0.15, 0.2) is 6.20 Å². The van der Waals surface area contributed by atoms with Gasteiger partial charge in [0.25, 0.3) is 0 Å². The Kier molecular flexibility index (Phi) is 3.21. The molecular weight excluding hydrogens is 282 g/mol. The van der Waals surface area contributed by atoms with Crippen LogP contribution in [0.4, 0.5) is 5.82 Å². The van der Waals surface area contributed by atoms with E-state index in [1.54, 1.807) is 17.9 Å². The summed E-state index contributed by atoms with van der Waals surface area (Å²) < 4.78 is 1.65. The van der Waals surface area contributed by atoms with E-state index in [9.17, 15) is 4.79 Å². The molecule has 7 nitrogen and oxygen atoms in total. The molecule has 1 aliphatic rings. The molecule has 20 heavy (non-hydrogen) atoms. The number of carbonyl (C=O) groups is 1. The van der Waals surface area contributed by atoms with Crippen LogP contribution >= 0.6 is 11.6 Å². The Labute approximate surface area is 120 Å². The predicted octanol–water partition coefficient (Wildman–Crippen LogP) is 1.32. The molecular formula is C12H14ClN5O2. The predicted molar refractivity (Wildman–Crippen MR) is 73.9 cm³/mol. The number of aromatic nitrogens is 4. The van der Waals surface area contributed by atoms with Crippen molar-refractivity contribution < 1.29 is 9.90 Å². The third-order valence-electron chi connectivity index (χ3n) is 3.69. The number of nitrogens with zero attached hydrogens (tertiary/aromatic N) is 5. The molecule has 1 saturated heterocycles. The highest BCUT2D eigenvalue weighted by Gasteiger charge is 2.26. The van der Waals surface area contributed by atoms with Gasteiger partial charge in [0.2, 0.25) is 5.28 Å². The van der Waals surface area contributed by atoms with Gasteiger partial charge < -0.3 is 10.0 Å². The zero-order valence-corrected chi connectivity index (χ0v) is 11.7. The molecule has 106 valence electrons. The summed E-state index contributed by atoms with van der Waals surface area (Å²) in [4.78, 5) is 21.5. The average Bonchev–Trinajstić information content (AvgIpc) is 2.80. The second-order valence-electron chi connectivity index (χ2n) is 4.92. The van der Waals surface area contributed by atoms with Gasteiger partial charge in [-0.1, -0.05) is 0 Å². The van der Waals surface area contributed by atoms with E-state index in [-0.39, 0.29) is 11.2 Å². The molecule has 1 aliphatic heterocycles. The zero-order valence-electron chi connectivity index (χ0n) is 11.0. The number of piperidine rings is 1. The molecule has 0 spiro atoms. The highest BCUT2D eigenvalue weighted by molar-refractivity contribution is 6.28. The molecule has 2 aromatic rings. The first-order valence-electron chi connectivity index (χ1n) is 6.39. The third kappa shape index (κ3) is 2.18. The fraction of sp³-hybridized carbons (Fsp3) is 0.500. The second kappa shape index (κ2) is 4.90. The number of fused-ring (bicyclic) bond motifs is 1. The summed E-state index contributed by atoms with van der Waals surface area (Å²) in [6.45, 7) is 1.29. The fourth-order valence-electron chi connectivity index (χ4n) is 2.56. The number of rotatable bonds is 2. The lowest BCUT2D eigenvalue weighted by molar-refractivity contribution is -0.142. The molecule has 2 aromatic heterocycles. The monoisotopic (exact) mass is 295 g/mol. The lowest BCUT2D eigenvalue weighted by Gasteiger charge is -2.31. The molecule has 0 atom stereocenters. The van der Waals surface area contributed by atoms with Gasteiger partial charge >= 0.3 is 5.97 Å². The largest absolute Gasteiger partial charge is 0.481 e. The number of aliphatic carboxylic acids is 1. The van der Waals surface area contributed by atoms with Crippen LogP contribution in [0, 0.1) is 5.92 Å². The molecule has 0 saturated carbocycles. The maximum Gasteiger partial charge on any atom is 0.306 e. The van der Waals surface area contributed by atoms with Crippen LogP contribution in [0.2, 0.25) is 5.28 Å². The van der Waals surface area contributed by atoms with Crippen LogP contribution in [-0.4, -0.2) is 43.9 Å². The van der Waals surface area contributed by atoms with Gasteiger partial charge in [-0.05, 0) is 24.4 Å². The number of aryl methyl sites for hydroxylation is 1. The second-order valence-corrected chi connectivity index (χ2v) is 5.26. The molecule has 0 unspecified atom stereocenters. The van der Waals surface area contributed by atoms with Gasteiger partial charge in [-0.25, -0.2) is 0 Å². The number of hydrogen-bond donors (Lipinski definition) is 1. The van der Waals surface area contributed by atoms with Crippen molar-refractivity contribution >= 4 is 34.4 Å². The van der Waals surface area contributed by atoms with Gasteiger partial charge in [-0.2, -0.15) is 15.1 Å². The van der Waals surface area contributed by atoms with Gasteiger partial charge in [0, 0.05) is 20.1 Å². The summed E-state index contributed by atoms with van der Waals surface area (Å²) in [6.07, 6.45) is 2.93. The van der Waals surface area contributed by atoms with Gasteiger partial charge in [0.1, 0.15) is 5.82 Å². The maximum absolute atomic E-state index is 11.0. The van der Waals surface area contributed by atoms with Crippen molar-refractivity contribution in [2.45, 2.75) is 12.8 Å². The van der Waals surface area contributed by atoms with Crippen LogP contribution in [0.1, 0.15) is 12.8 Å². The van der Waals surface area contributed by atoms with Crippen molar-refractivity contribution in [2.75, 3.05) is 18.0 Å². The molecule has 3 rings (SSSR count). The minimum Gasteiger partial charge on any atom is -0.481 e. The molecule has 1 N–H and O–H groups in total. The average molecular weight is 296 g/mol. The highest BCUT2D eigenvalue weighted by Crippen LogP contribution is 2.28. The van der Waals surface area contributed by atoms with E-state index in [2.05, 4.69) is 20.0 Å². The zero-order chi connectivity index (χ0) is 14.3. The quantitative estimate of drug-likeness (QED) is 0.841. The van der Waals surface area contributed by atoms with E-state index in [1.165, 1.54) is 0 Å². The molecule has 3 heterocycles. The van der Waals surface area contributed by atoms with E-state index in [4.69, 9.17) is 16.7 Å². The van der Waals surface area contributed by atoms with Crippen molar-refractivity contribution in [1.82, 2.24) is 19.7 Å². The fourth-order valence-corrected chi connectivity index (χ4v) is 2.72. The van der Waals surface area contributed by atoms with Crippen LogP contribution in [-0.2, 0) is 11.8 Å². The van der Waals surface area contributed by atoms with E-state index in [1.807, 2.05) is 0 Å². The summed E-state index contributed by atoms with van der Waals surface area (Å²) in [7, 11) is 1.80. The Morgan fingerprint density at radius 1 is 1.40 bits per heavy atom. The number of anilines is 1. The number of carboxylic acid groups (broad SMARTS) is 1. The first-order valence-corrected chi connectivity index (χ1v) is 6.77. The van der Waals surface area contributed by atoms with Gasteiger partial charge in [0.05, 0.1) is 17.5 Å². The SMILES string of the molecule is Cn1ncc2c(N3CCC(C(=O)O)CC3)nc(Cl)nc21. The van der Waals surface area contributed by atoms with Crippen LogP contribution < -0.4 is 4.90 Å². The third-order valence-corrected chi connectivity index (χ3v) is 3.86. The van der Waals surface area contributed by atoms with Crippen molar-refractivity contribution in [3.63, 3.8) is 0 Å². The van der Waals surface area contributed by atoms with Crippen molar-refractivity contribution in [2.24, 2.45) is 13.0 Å². The minimum atomic E-state index is -0.725. The molecule has 0 amide bonds. The standard InChI is InChI=1S/C12H14ClN5O2/c1-17-9-8(6-14-17)10(16-12(13)15-9)18-4-2-7(3-5-18)11(19)20/h6-7H,2-5H2,1H3,(H,19,20). The van der Waals surface area contributed by atoms with Crippen LogP contribution in [0.25, 0.3) is 11.0 Å². The Bertz CT molecular complexity index is 663. The van der Waals surface area contributed by atoms with E-state index >= 15 is 0 Å². The van der Waals surface area contributed by atoms with Crippen molar-refractivity contribution in [3.8, 4) is 0 Å². The Morgan fingerprint density at radius 2 is 2.10 bits per heavy atom. The van der Waals surface area contributed by atoms with Gasteiger partial charge in [-0.15, -0.1) is 0 Å². The normalized spacial score (nSPS) is 16.8. The van der Waals surface area contributed by atoms with E-state index in [0.29, 0.717) is 31.6 Å². The topological polar surface area (TPSA) is 84.1 Å². The van der Waals surface area contributed by atoms with Gasteiger partial charge in [-0.3, -0.25) is 9.48 Å². The summed E-state index contributed by atoms with van der Waals surface area (Å²) in [6, 6.07) is 0. The summed E-state index contributed by atoms with van der Waals surface area (Å²) in [5.41, 5.74) is 0.681. The smallest absolute Gasteiger partial charge is 0.306 e. The summed E-state index contributed by atoms with van der Waals surface area (Å²) in [5.74, 6) is -0.262. The van der Waals surface area contributed by atoms with Crippen molar-refractivity contribution in [1.29, 1.82) is 0 Å². The summed E-state index contributed by atoms with van der Waals surface area (Å²) >= 11 is 5.97. The number of halogens is 1. The molecule has 8 heteroatoms. The van der Waals surface area contributed by atoms with E-state index in [0.717, 1.165) is 11.2 Å². The molecule has 0 aromatic carbocycles. The first kappa shape index (κ1) is 13.1. The Balaban J connectivity index is 1.93.